The molecule has 7 heteroatoms. The molecule has 4 aromatic rings. The first-order valence-corrected chi connectivity index (χ1v) is 10.4. The van der Waals surface area contributed by atoms with Crippen LogP contribution < -0.4 is 5.32 Å². The van der Waals surface area contributed by atoms with E-state index in [0.717, 1.165) is 43.0 Å². The van der Waals surface area contributed by atoms with Gasteiger partial charge in [0.15, 0.2) is 0 Å². The van der Waals surface area contributed by atoms with Gasteiger partial charge in [0.1, 0.15) is 11.6 Å². The van der Waals surface area contributed by atoms with Crippen LogP contribution in [-0.4, -0.2) is 33.9 Å². The Morgan fingerprint density at radius 1 is 1.13 bits per heavy atom. The second-order valence-corrected chi connectivity index (χ2v) is 7.88. The molecule has 158 valence electrons. The molecule has 0 bridgehead atoms. The number of amides is 1. The van der Waals surface area contributed by atoms with E-state index in [9.17, 15) is 9.18 Å². The van der Waals surface area contributed by atoms with Crippen LogP contribution in [0.3, 0.4) is 0 Å². The zero-order valence-electron chi connectivity index (χ0n) is 17.0. The Balaban J connectivity index is 1.19. The summed E-state index contributed by atoms with van der Waals surface area (Å²) in [5.74, 6) is 0.147. The molecular weight excluding hydrogens is 395 g/mol. The van der Waals surface area contributed by atoms with E-state index < -0.39 is 0 Å². The van der Waals surface area contributed by atoms with E-state index in [-0.39, 0.29) is 24.2 Å². The van der Waals surface area contributed by atoms with E-state index in [1.54, 1.807) is 12.1 Å². The third kappa shape index (κ3) is 4.36. The number of benzene rings is 2. The minimum atomic E-state index is -0.381. The maximum absolute atomic E-state index is 13.3. The molecule has 1 aliphatic heterocycles. The Bertz CT molecular complexity index is 1200. The van der Waals surface area contributed by atoms with Crippen molar-refractivity contribution < 1.29 is 13.6 Å². The predicted octanol–water partition coefficient (Wildman–Crippen LogP) is 3.83. The summed E-state index contributed by atoms with van der Waals surface area (Å²) in [6.07, 6.45) is 3.41. The van der Waals surface area contributed by atoms with Crippen LogP contribution in [0.15, 0.2) is 59.1 Å². The van der Waals surface area contributed by atoms with Gasteiger partial charge in [0.25, 0.3) is 5.89 Å². The number of aromatic amines is 1. The molecule has 0 saturated heterocycles. The minimum absolute atomic E-state index is 0.0766. The zero-order chi connectivity index (χ0) is 21.2. The predicted molar refractivity (Wildman–Crippen MR) is 115 cm³/mol. The summed E-state index contributed by atoms with van der Waals surface area (Å²) < 4.78 is 19.1. The van der Waals surface area contributed by atoms with Gasteiger partial charge in [0.05, 0.1) is 5.69 Å². The number of rotatable bonds is 5. The van der Waals surface area contributed by atoms with Gasteiger partial charge >= 0.3 is 5.91 Å². The van der Waals surface area contributed by atoms with E-state index in [1.807, 2.05) is 6.20 Å². The first kappa shape index (κ1) is 19.5. The van der Waals surface area contributed by atoms with Crippen LogP contribution in [0.25, 0.3) is 10.9 Å². The lowest BCUT2D eigenvalue weighted by molar-refractivity contribution is 0.0914. The van der Waals surface area contributed by atoms with Crippen LogP contribution >= 0.6 is 0 Å². The number of fused-ring (bicyclic) bond motifs is 2. The molecule has 0 spiro atoms. The van der Waals surface area contributed by atoms with E-state index in [4.69, 9.17) is 4.42 Å². The standard InChI is InChI=1S/C24H23FN4O2/c25-19-3-1-2-16(13-19)14-27-23(30)24-28-21-7-10-29(11-8-22(21)31-24)15-17-4-5-20-18(12-17)6-9-26-20/h1-6,9,12-13,26H,7-8,10-11,14-15H2,(H,27,30). The summed E-state index contributed by atoms with van der Waals surface area (Å²) in [5, 5.41) is 3.96. The molecule has 5 rings (SSSR count). The normalized spacial score (nSPS) is 14.4. The first-order chi connectivity index (χ1) is 15.1. The highest BCUT2D eigenvalue weighted by Gasteiger charge is 2.22. The molecule has 0 saturated carbocycles. The Morgan fingerprint density at radius 3 is 2.94 bits per heavy atom. The smallest absolute Gasteiger partial charge is 0.307 e. The second kappa shape index (κ2) is 8.35. The van der Waals surface area contributed by atoms with E-state index >= 15 is 0 Å². The van der Waals surface area contributed by atoms with Gasteiger partial charge < -0.3 is 14.7 Å². The fourth-order valence-corrected chi connectivity index (χ4v) is 4.03. The number of carbonyl (C=O) groups is 1. The molecule has 0 unspecified atom stereocenters. The van der Waals surface area contributed by atoms with Gasteiger partial charge in [-0.25, -0.2) is 9.37 Å². The molecule has 0 fully saturated rings. The molecule has 1 aliphatic rings. The molecule has 0 aliphatic carbocycles. The van der Waals surface area contributed by atoms with Gasteiger partial charge in [-0.1, -0.05) is 18.2 Å². The Morgan fingerprint density at radius 2 is 2.03 bits per heavy atom. The van der Waals surface area contributed by atoms with Crippen LogP contribution in [0.1, 0.15) is 33.3 Å². The van der Waals surface area contributed by atoms with Crippen LogP contribution in [0.2, 0.25) is 0 Å². The van der Waals surface area contributed by atoms with E-state index in [0.29, 0.717) is 12.0 Å². The lowest BCUT2D eigenvalue weighted by Crippen LogP contribution is -2.26. The topological polar surface area (TPSA) is 74.2 Å². The van der Waals surface area contributed by atoms with Crippen molar-refractivity contribution in [2.75, 3.05) is 13.1 Å². The van der Waals surface area contributed by atoms with Gasteiger partial charge in [0.2, 0.25) is 0 Å². The number of nitrogens with zero attached hydrogens (tertiary/aromatic N) is 2. The van der Waals surface area contributed by atoms with Crippen LogP contribution in [0.5, 0.6) is 0 Å². The monoisotopic (exact) mass is 418 g/mol. The SMILES string of the molecule is O=C(NCc1cccc(F)c1)c1nc2c(o1)CCN(Cc1ccc3[nH]ccc3c1)CC2. The lowest BCUT2D eigenvalue weighted by atomic mass is 10.1. The van der Waals surface area contributed by atoms with Crippen LogP contribution in [0.4, 0.5) is 4.39 Å². The number of nitrogens with one attached hydrogen (secondary N) is 2. The summed E-state index contributed by atoms with van der Waals surface area (Å²) in [6, 6.07) is 14.7. The number of H-pyrrole nitrogens is 1. The highest BCUT2D eigenvalue weighted by atomic mass is 19.1. The molecule has 1 amide bonds. The quantitative estimate of drug-likeness (QED) is 0.517. The van der Waals surface area contributed by atoms with Gasteiger partial charge in [-0.05, 0) is 46.8 Å². The molecule has 2 N–H and O–H groups in total. The lowest BCUT2D eigenvalue weighted by Gasteiger charge is -2.19. The van der Waals surface area contributed by atoms with Gasteiger partial charge in [0, 0.05) is 50.7 Å². The van der Waals surface area contributed by atoms with Crippen molar-refractivity contribution in [3.63, 3.8) is 0 Å². The molecule has 2 aromatic carbocycles. The Hall–Kier alpha value is -3.45. The third-order valence-electron chi connectivity index (χ3n) is 5.66. The van der Waals surface area contributed by atoms with Crippen LogP contribution in [0, 0.1) is 5.82 Å². The number of oxazole rings is 1. The fraction of sp³-hybridized carbons (Fsp3) is 0.250. The summed E-state index contributed by atoms with van der Waals surface area (Å²) in [4.78, 5) is 22.5. The average Bonchev–Trinajstić information content (AvgIpc) is 3.36. The van der Waals surface area contributed by atoms with Crippen molar-refractivity contribution >= 4 is 16.8 Å². The molecule has 31 heavy (non-hydrogen) atoms. The van der Waals surface area contributed by atoms with Gasteiger partial charge in [-0.3, -0.25) is 9.69 Å². The zero-order valence-corrected chi connectivity index (χ0v) is 17.0. The van der Waals surface area contributed by atoms with Crippen molar-refractivity contribution in [1.29, 1.82) is 0 Å². The second-order valence-electron chi connectivity index (χ2n) is 7.88. The van der Waals surface area contributed by atoms with Gasteiger partial charge in [-0.2, -0.15) is 0 Å². The number of aromatic nitrogens is 2. The molecule has 3 heterocycles. The maximum Gasteiger partial charge on any atom is 0.307 e. The van der Waals surface area contributed by atoms with Gasteiger partial charge in [-0.15, -0.1) is 0 Å². The van der Waals surface area contributed by atoms with Crippen molar-refractivity contribution in [3.05, 3.63) is 89.0 Å². The summed E-state index contributed by atoms with van der Waals surface area (Å²) in [7, 11) is 0. The maximum atomic E-state index is 13.3. The van der Waals surface area contributed by atoms with E-state index in [1.165, 1.54) is 23.1 Å². The van der Waals surface area contributed by atoms with Crippen molar-refractivity contribution in [2.24, 2.45) is 0 Å². The Kier molecular flexibility index (Phi) is 5.26. The first-order valence-electron chi connectivity index (χ1n) is 10.4. The summed E-state index contributed by atoms with van der Waals surface area (Å²) in [6.45, 7) is 2.79. The third-order valence-corrected chi connectivity index (χ3v) is 5.66. The highest BCUT2D eigenvalue weighted by molar-refractivity contribution is 5.89. The number of carbonyl (C=O) groups excluding carboxylic acids is 1. The van der Waals surface area contributed by atoms with Crippen molar-refractivity contribution in [3.8, 4) is 0 Å². The molecular formula is C24H23FN4O2. The van der Waals surface area contributed by atoms with Crippen molar-refractivity contribution in [2.45, 2.75) is 25.9 Å². The Labute approximate surface area is 179 Å². The fourth-order valence-electron chi connectivity index (χ4n) is 4.03. The molecule has 2 aromatic heterocycles. The molecule has 0 atom stereocenters. The van der Waals surface area contributed by atoms with Crippen molar-refractivity contribution in [1.82, 2.24) is 20.2 Å². The van der Waals surface area contributed by atoms with Crippen LogP contribution in [-0.2, 0) is 25.9 Å². The highest BCUT2D eigenvalue weighted by Crippen LogP contribution is 2.20. The molecule has 0 radical (unpaired) electrons. The minimum Gasteiger partial charge on any atom is -0.437 e. The molecule has 6 nitrogen and oxygen atoms in total. The summed E-state index contributed by atoms with van der Waals surface area (Å²) in [5.41, 5.74) is 3.96. The number of hydrogen-bond donors (Lipinski definition) is 2. The van der Waals surface area contributed by atoms with E-state index in [2.05, 4.69) is 44.5 Å². The average molecular weight is 418 g/mol. The summed E-state index contributed by atoms with van der Waals surface area (Å²) >= 11 is 0. The largest absolute Gasteiger partial charge is 0.437 e. The number of hydrogen-bond acceptors (Lipinski definition) is 4. The number of halogens is 1.